The molecule has 0 aliphatic heterocycles. The van der Waals surface area contributed by atoms with Gasteiger partial charge in [-0.15, -0.1) is 13.2 Å². The second-order valence-electron chi connectivity index (χ2n) is 4.32. The number of phosphoric acid groups is 1. The quantitative estimate of drug-likeness (QED) is 0.357. The molecule has 0 fully saturated rings. The zero-order chi connectivity index (χ0) is 16.6. The number of hydrogen-bond donors (Lipinski definition) is 0. The molecule has 7 heteroatoms. The van der Waals surface area contributed by atoms with Gasteiger partial charge in [-0.05, 0) is 30.2 Å². The van der Waals surface area contributed by atoms with Crippen molar-refractivity contribution in [1.82, 2.24) is 0 Å². The molecule has 22 heavy (non-hydrogen) atoms. The SMILES string of the molecule is C=CCOP(=O)(OCC=C)OCc1ccc(C)cc1C(=O)Cl. The lowest BCUT2D eigenvalue weighted by Crippen LogP contribution is -2.04. The van der Waals surface area contributed by atoms with Gasteiger partial charge >= 0.3 is 7.82 Å². The van der Waals surface area contributed by atoms with Crippen LogP contribution in [0.4, 0.5) is 0 Å². The fourth-order valence-corrected chi connectivity index (χ4v) is 2.82. The minimum atomic E-state index is -3.78. The molecule has 5 nitrogen and oxygen atoms in total. The lowest BCUT2D eigenvalue weighted by Gasteiger charge is -2.17. The molecular weight excluding hydrogens is 327 g/mol. The first-order valence-electron chi connectivity index (χ1n) is 6.46. The van der Waals surface area contributed by atoms with E-state index in [2.05, 4.69) is 13.2 Å². The van der Waals surface area contributed by atoms with Crippen molar-refractivity contribution in [3.8, 4) is 0 Å². The Hall–Kier alpha value is -1.23. The molecule has 0 atom stereocenters. The Morgan fingerprint density at radius 2 is 1.82 bits per heavy atom. The number of hydrogen-bond acceptors (Lipinski definition) is 5. The highest BCUT2D eigenvalue weighted by Crippen LogP contribution is 2.50. The first kappa shape index (κ1) is 18.8. The van der Waals surface area contributed by atoms with Gasteiger partial charge in [0.05, 0.1) is 19.8 Å². The molecule has 1 aromatic carbocycles. The van der Waals surface area contributed by atoms with E-state index >= 15 is 0 Å². The van der Waals surface area contributed by atoms with Crippen LogP contribution in [0, 0.1) is 6.92 Å². The van der Waals surface area contributed by atoms with Crippen LogP contribution >= 0.6 is 19.4 Å². The summed E-state index contributed by atoms with van der Waals surface area (Å²) >= 11 is 5.54. The largest absolute Gasteiger partial charge is 0.475 e. The predicted octanol–water partition coefficient (Wildman–Crippen LogP) is 4.40. The lowest BCUT2D eigenvalue weighted by atomic mass is 10.1. The van der Waals surface area contributed by atoms with E-state index in [0.29, 0.717) is 11.1 Å². The molecule has 0 spiro atoms. The van der Waals surface area contributed by atoms with Crippen LogP contribution in [0.25, 0.3) is 0 Å². The zero-order valence-corrected chi connectivity index (χ0v) is 13.9. The Morgan fingerprint density at radius 1 is 1.23 bits per heavy atom. The summed E-state index contributed by atoms with van der Waals surface area (Å²) in [7, 11) is -3.78. The van der Waals surface area contributed by atoms with E-state index in [-0.39, 0.29) is 19.8 Å². The van der Waals surface area contributed by atoms with Crippen LogP contribution in [-0.4, -0.2) is 18.5 Å². The Balaban J connectivity index is 2.88. The van der Waals surface area contributed by atoms with Crippen LogP contribution in [-0.2, 0) is 24.7 Å². The number of phosphoric ester groups is 1. The van der Waals surface area contributed by atoms with Crippen LogP contribution in [0.5, 0.6) is 0 Å². The third kappa shape index (κ3) is 5.87. The minimum Gasteiger partial charge on any atom is -0.283 e. The summed E-state index contributed by atoms with van der Waals surface area (Å²) in [4.78, 5) is 11.4. The number of rotatable bonds is 10. The first-order chi connectivity index (χ1) is 10.4. The van der Waals surface area contributed by atoms with E-state index in [0.717, 1.165) is 5.56 Å². The molecule has 0 aromatic heterocycles. The summed E-state index contributed by atoms with van der Waals surface area (Å²) in [6.45, 7) is 8.64. The fourth-order valence-electron chi connectivity index (χ4n) is 1.55. The average molecular weight is 345 g/mol. The molecular formula is C15H18ClO5P. The van der Waals surface area contributed by atoms with E-state index in [1.54, 1.807) is 18.2 Å². The maximum Gasteiger partial charge on any atom is 0.475 e. The average Bonchev–Trinajstić information content (AvgIpc) is 2.50. The molecule has 0 unspecified atom stereocenters. The van der Waals surface area contributed by atoms with Crippen LogP contribution < -0.4 is 0 Å². The number of carbonyl (C=O) groups excluding carboxylic acids is 1. The highest BCUT2D eigenvalue weighted by molar-refractivity contribution is 7.48. The van der Waals surface area contributed by atoms with Crippen molar-refractivity contribution in [2.45, 2.75) is 13.5 Å². The summed E-state index contributed by atoms with van der Waals surface area (Å²) < 4.78 is 27.7. The maximum atomic E-state index is 12.4. The van der Waals surface area contributed by atoms with Gasteiger partial charge in [0.25, 0.3) is 5.24 Å². The highest BCUT2D eigenvalue weighted by atomic mass is 35.5. The van der Waals surface area contributed by atoms with Crippen molar-refractivity contribution in [2.75, 3.05) is 13.2 Å². The minimum absolute atomic E-state index is 0.00358. The monoisotopic (exact) mass is 344 g/mol. The number of carbonyl (C=O) groups is 1. The van der Waals surface area contributed by atoms with E-state index < -0.39 is 13.1 Å². The summed E-state index contributed by atoms with van der Waals surface area (Å²) in [5.74, 6) is 0. The smallest absolute Gasteiger partial charge is 0.283 e. The predicted molar refractivity (Wildman–Crippen MR) is 86.1 cm³/mol. The first-order valence-corrected chi connectivity index (χ1v) is 8.30. The molecule has 0 aliphatic rings. The Bertz CT molecular complexity index is 584. The topological polar surface area (TPSA) is 61.8 Å². The van der Waals surface area contributed by atoms with Crippen LogP contribution in [0.2, 0.25) is 0 Å². The lowest BCUT2D eigenvalue weighted by molar-refractivity contribution is 0.107. The van der Waals surface area contributed by atoms with Crippen LogP contribution in [0.1, 0.15) is 21.5 Å². The van der Waals surface area contributed by atoms with Gasteiger partial charge in [-0.25, -0.2) is 4.57 Å². The van der Waals surface area contributed by atoms with Crippen molar-refractivity contribution in [3.63, 3.8) is 0 Å². The molecule has 0 bridgehead atoms. The normalized spacial score (nSPS) is 11.2. The molecule has 0 amide bonds. The zero-order valence-electron chi connectivity index (χ0n) is 12.3. The van der Waals surface area contributed by atoms with E-state index in [4.69, 9.17) is 25.2 Å². The molecule has 0 saturated carbocycles. The number of halogens is 1. The van der Waals surface area contributed by atoms with Crippen LogP contribution in [0.3, 0.4) is 0 Å². The van der Waals surface area contributed by atoms with Gasteiger partial charge in [0.15, 0.2) is 0 Å². The molecule has 1 rings (SSSR count). The number of aryl methyl sites for hydroxylation is 1. The Labute approximate surface area is 135 Å². The van der Waals surface area contributed by atoms with Gasteiger partial charge in [-0.1, -0.05) is 29.8 Å². The summed E-state index contributed by atoms with van der Waals surface area (Å²) in [5.41, 5.74) is 1.66. The Kier molecular flexibility index (Phi) is 7.73. The van der Waals surface area contributed by atoms with Crippen molar-refractivity contribution in [3.05, 3.63) is 60.2 Å². The standard InChI is InChI=1S/C15H18ClO5P/c1-4-8-19-22(18,20-9-5-2)21-11-13-7-6-12(3)10-14(13)15(16)17/h4-7,10H,1-2,8-9,11H2,3H3. The molecule has 120 valence electrons. The molecule has 0 radical (unpaired) electrons. The molecule has 1 aromatic rings. The highest BCUT2D eigenvalue weighted by Gasteiger charge is 2.26. The van der Waals surface area contributed by atoms with Gasteiger partial charge < -0.3 is 0 Å². The summed E-state index contributed by atoms with van der Waals surface area (Å²) in [5, 5.41) is -0.615. The van der Waals surface area contributed by atoms with Crippen molar-refractivity contribution in [2.24, 2.45) is 0 Å². The number of benzene rings is 1. The van der Waals surface area contributed by atoms with E-state index in [9.17, 15) is 9.36 Å². The molecule has 0 aliphatic carbocycles. The van der Waals surface area contributed by atoms with Crippen LogP contribution in [0.15, 0.2) is 43.5 Å². The van der Waals surface area contributed by atoms with Crippen molar-refractivity contribution < 1.29 is 22.9 Å². The van der Waals surface area contributed by atoms with Gasteiger partial charge in [0, 0.05) is 5.56 Å². The second-order valence-corrected chi connectivity index (χ2v) is 6.34. The summed E-state index contributed by atoms with van der Waals surface area (Å²) in [6.07, 6.45) is 2.85. The third-order valence-electron chi connectivity index (χ3n) is 2.56. The molecule has 0 heterocycles. The van der Waals surface area contributed by atoms with E-state index in [1.807, 2.05) is 6.92 Å². The van der Waals surface area contributed by atoms with Crippen molar-refractivity contribution in [1.29, 1.82) is 0 Å². The fraction of sp³-hybridized carbons (Fsp3) is 0.267. The summed E-state index contributed by atoms with van der Waals surface area (Å²) in [6, 6.07) is 5.10. The third-order valence-corrected chi connectivity index (χ3v) is 4.14. The van der Waals surface area contributed by atoms with Gasteiger partial charge in [0.2, 0.25) is 0 Å². The second kappa shape index (κ2) is 9.03. The van der Waals surface area contributed by atoms with Crippen molar-refractivity contribution >= 4 is 24.7 Å². The maximum absolute atomic E-state index is 12.4. The molecule has 0 saturated heterocycles. The van der Waals surface area contributed by atoms with Gasteiger partial charge in [-0.2, -0.15) is 0 Å². The molecule has 0 N–H and O–H groups in total. The van der Waals surface area contributed by atoms with E-state index in [1.165, 1.54) is 12.2 Å². The van der Waals surface area contributed by atoms with Gasteiger partial charge in [-0.3, -0.25) is 18.4 Å². The Morgan fingerprint density at radius 3 is 2.32 bits per heavy atom. The van der Waals surface area contributed by atoms with Gasteiger partial charge in [0.1, 0.15) is 0 Å².